The van der Waals surface area contributed by atoms with Crippen molar-refractivity contribution in [3.63, 3.8) is 0 Å². The third-order valence-electron chi connectivity index (χ3n) is 4.77. The number of carbonyl (C=O) groups excluding carboxylic acids is 1. The van der Waals surface area contributed by atoms with Crippen molar-refractivity contribution in [3.05, 3.63) is 65.5 Å². The summed E-state index contributed by atoms with van der Waals surface area (Å²) in [6.45, 7) is 0.851. The number of amides is 2. The number of alkyl halides is 3. The van der Waals surface area contributed by atoms with Crippen molar-refractivity contribution in [1.29, 1.82) is 0 Å². The molecule has 0 saturated carbocycles. The topological polar surface area (TPSA) is 32.3 Å². The molecule has 27 heavy (non-hydrogen) atoms. The predicted octanol–water partition coefficient (Wildman–Crippen LogP) is 5.65. The number of nitrogens with one attached hydrogen (secondary N) is 1. The van der Waals surface area contributed by atoms with E-state index in [2.05, 4.69) is 5.32 Å². The first-order valence-electron chi connectivity index (χ1n) is 8.82. The minimum absolute atomic E-state index is 0.0247. The molecule has 2 aromatic rings. The first-order valence-corrected chi connectivity index (χ1v) is 8.82. The van der Waals surface area contributed by atoms with Crippen LogP contribution in [-0.4, -0.2) is 24.0 Å². The van der Waals surface area contributed by atoms with Gasteiger partial charge in [-0.25, -0.2) is 9.18 Å². The summed E-state index contributed by atoms with van der Waals surface area (Å²) in [5, 5.41) is 2.40. The summed E-state index contributed by atoms with van der Waals surface area (Å²) in [7, 11) is 0. The Hall–Kier alpha value is -2.57. The molecule has 0 aliphatic carbocycles. The second kappa shape index (κ2) is 7.98. The van der Waals surface area contributed by atoms with Crippen LogP contribution in [-0.2, 0) is 6.18 Å². The van der Waals surface area contributed by atoms with Crippen LogP contribution in [0.3, 0.4) is 0 Å². The van der Waals surface area contributed by atoms with Crippen LogP contribution in [0, 0.1) is 5.82 Å². The SMILES string of the molecule is O=C(Nc1ccccc1C(F)(F)F)N1CCCC[C@@H](c2ccc(F)cc2)C1. The van der Waals surface area contributed by atoms with Gasteiger partial charge >= 0.3 is 12.2 Å². The van der Waals surface area contributed by atoms with Crippen molar-refractivity contribution in [2.45, 2.75) is 31.4 Å². The van der Waals surface area contributed by atoms with E-state index in [9.17, 15) is 22.4 Å². The summed E-state index contributed by atoms with van der Waals surface area (Å²) in [6.07, 6.45) is -2.04. The first kappa shape index (κ1) is 19.2. The largest absolute Gasteiger partial charge is 0.418 e. The van der Waals surface area contributed by atoms with Gasteiger partial charge in [0.1, 0.15) is 5.82 Å². The summed E-state index contributed by atoms with van der Waals surface area (Å²) in [5.74, 6) is -0.303. The Kier molecular flexibility index (Phi) is 5.68. The number of para-hydroxylation sites is 1. The number of rotatable bonds is 2. The second-order valence-corrected chi connectivity index (χ2v) is 6.66. The average molecular weight is 380 g/mol. The fourth-order valence-electron chi connectivity index (χ4n) is 3.37. The highest BCUT2D eigenvalue weighted by molar-refractivity contribution is 5.90. The van der Waals surface area contributed by atoms with E-state index < -0.39 is 17.8 Å². The molecule has 0 unspecified atom stereocenters. The quantitative estimate of drug-likeness (QED) is 0.671. The summed E-state index contributed by atoms with van der Waals surface area (Å²) >= 11 is 0. The molecule has 0 radical (unpaired) electrons. The van der Waals surface area contributed by atoms with Crippen LogP contribution in [0.2, 0.25) is 0 Å². The van der Waals surface area contributed by atoms with E-state index in [-0.39, 0.29) is 17.4 Å². The Morgan fingerprint density at radius 2 is 1.74 bits per heavy atom. The van der Waals surface area contributed by atoms with Crippen molar-refractivity contribution in [3.8, 4) is 0 Å². The Balaban J connectivity index is 1.75. The standard InChI is InChI=1S/C20H20F4N2O/c21-16-10-8-14(9-11-16)15-5-3-4-12-26(13-15)19(27)25-18-7-2-1-6-17(18)20(22,23)24/h1-2,6-11,15H,3-5,12-13H2,(H,25,27)/t15-/m1/s1. The van der Waals surface area contributed by atoms with Gasteiger partial charge in [-0.3, -0.25) is 0 Å². The molecule has 2 aromatic carbocycles. The van der Waals surface area contributed by atoms with Gasteiger partial charge in [0.15, 0.2) is 0 Å². The zero-order chi connectivity index (χ0) is 19.4. The van der Waals surface area contributed by atoms with Gasteiger partial charge in [0.05, 0.1) is 11.3 Å². The number of halogens is 4. The van der Waals surface area contributed by atoms with Crippen LogP contribution in [0.1, 0.15) is 36.3 Å². The third kappa shape index (κ3) is 4.78. The number of carbonyl (C=O) groups is 1. The van der Waals surface area contributed by atoms with Crippen LogP contribution in [0.25, 0.3) is 0 Å². The number of likely N-dealkylation sites (tertiary alicyclic amines) is 1. The van der Waals surface area contributed by atoms with E-state index in [1.807, 2.05) is 0 Å². The molecule has 0 bridgehead atoms. The van der Waals surface area contributed by atoms with Crippen molar-refractivity contribution >= 4 is 11.7 Å². The van der Waals surface area contributed by atoms with E-state index >= 15 is 0 Å². The first-order chi connectivity index (χ1) is 12.8. The molecule has 3 rings (SSSR count). The highest BCUT2D eigenvalue weighted by Gasteiger charge is 2.34. The third-order valence-corrected chi connectivity index (χ3v) is 4.77. The molecule has 2 amide bonds. The van der Waals surface area contributed by atoms with Crippen LogP contribution >= 0.6 is 0 Å². The molecule has 1 atom stereocenters. The highest BCUT2D eigenvalue weighted by Crippen LogP contribution is 2.35. The van der Waals surface area contributed by atoms with Crippen LogP contribution in [0.4, 0.5) is 28.0 Å². The molecule has 1 saturated heterocycles. The lowest BCUT2D eigenvalue weighted by molar-refractivity contribution is -0.136. The lowest BCUT2D eigenvalue weighted by Crippen LogP contribution is -2.37. The second-order valence-electron chi connectivity index (χ2n) is 6.66. The number of anilines is 1. The molecule has 1 aliphatic rings. The number of nitrogens with zero attached hydrogens (tertiary/aromatic N) is 1. The molecule has 1 heterocycles. The summed E-state index contributed by atoms with van der Waals surface area (Å²) in [6, 6.07) is 10.5. The number of urea groups is 1. The summed E-state index contributed by atoms with van der Waals surface area (Å²) < 4.78 is 52.5. The Morgan fingerprint density at radius 1 is 1.04 bits per heavy atom. The molecule has 3 nitrogen and oxygen atoms in total. The molecule has 0 aromatic heterocycles. The Labute approximate surface area is 155 Å². The molecule has 7 heteroatoms. The maximum atomic E-state index is 13.1. The van der Waals surface area contributed by atoms with Crippen molar-refractivity contribution in [2.75, 3.05) is 18.4 Å². The van der Waals surface area contributed by atoms with Crippen LogP contribution in [0.15, 0.2) is 48.5 Å². The molecular formula is C20H20F4N2O. The lowest BCUT2D eigenvalue weighted by atomic mass is 9.94. The molecule has 1 N–H and O–H groups in total. The molecule has 1 fully saturated rings. The van der Waals surface area contributed by atoms with Crippen molar-refractivity contribution < 1.29 is 22.4 Å². The fraction of sp³-hybridized carbons (Fsp3) is 0.350. The van der Waals surface area contributed by atoms with Gasteiger partial charge < -0.3 is 10.2 Å². The van der Waals surface area contributed by atoms with Gasteiger partial charge in [0, 0.05) is 19.0 Å². The molecule has 144 valence electrons. The van der Waals surface area contributed by atoms with Crippen molar-refractivity contribution in [2.24, 2.45) is 0 Å². The summed E-state index contributed by atoms with van der Waals surface area (Å²) in [5.41, 5.74) is -0.201. The highest BCUT2D eigenvalue weighted by atomic mass is 19.4. The molecule has 1 aliphatic heterocycles. The van der Waals surface area contributed by atoms with Gasteiger partial charge in [-0.1, -0.05) is 30.7 Å². The van der Waals surface area contributed by atoms with E-state index in [1.165, 1.54) is 35.2 Å². The monoisotopic (exact) mass is 380 g/mol. The van der Waals surface area contributed by atoms with E-state index in [4.69, 9.17) is 0 Å². The van der Waals surface area contributed by atoms with Gasteiger partial charge in [-0.05, 0) is 42.7 Å². The number of hydrogen-bond acceptors (Lipinski definition) is 1. The van der Waals surface area contributed by atoms with Crippen molar-refractivity contribution in [1.82, 2.24) is 4.90 Å². The Bertz CT molecular complexity index is 789. The molecule has 0 spiro atoms. The van der Waals surface area contributed by atoms with Crippen LogP contribution in [0.5, 0.6) is 0 Å². The van der Waals surface area contributed by atoms with E-state index in [0.717, 1.165) is 30.9 Å². The normalized spacial score (nSPS) is 18.1. The van der Waals surface area contributed by atoms with Gasteiger partial charge in [0.2, 0.25) is 0 Å². The number of benzene rings is 2. The average Bonchev–Trinajstić information content (AvgIpc) is 2.88. The summed E-state index contributed by atoms with van der Waals surface area (Å²) in [4.78, 5) is 14.2. The van der Waals surface area contributed by atoms with Gasteiger partial charge in [-0.2, -0.15) is 13.2 Å². The maximum absolute atomic E-state index is 13.1. The van der Waals surface area contributed by atoms with E-state index in [0.29, 0.717) is 13.1 Å². The maximum Gasteiger partial charge on any atom is 0.418 e. The smallest absolute Gasteiger partial charge is 0.324 e. The molecular weight excluding hydrogens is 360 g/mol. The zero-order valence-electron chi connectivity index (χ0n) is 14.6. The number of hydrogen-bond donors (Lipinski definition) is 1. The zero-order valence-corrected chi connectivity index (χ0v) is 14.6. The van der Waals surface area contributed by atoms with Gasteiger partial charge in [0.25, 0.3) is 0 Å². The minimum Gasteiger partial charge on any atom is -0.324 e. The minimum atomic E-state index is -4.54. The fourth-order valence-corrected chi connectivity index (χ4v) is 3.37. The van der Waals surface area contributed by atoms with E-state index in [1.54, 1.807) is 12.1 Å². The Morgan fingerprint density at radius 3 is 2.44 bits per heavy atom. The lowest BCUT2D eigenvalue weighted by Gasteiger charge is -2.26. The van der Waals surface area contributed by atoms with Gasteiger partial charge in [-0.15, -0.1) is 0 Å². The van der Waals surface area contributed by atoms with Crippen LogP contribution < -0.4 is 5.32 Å². The predicted molar refractivity (Wildman–Crippen MR) is 95.0 cm³/mol.